The number of hydrogen-bond donors (Lipinski definition) is 1. The van der Waals surface area contributed by atoms with Crippen molar-refractivity contribution in [1.29, 1.82) is 0 Å². The average molecular weight is 368 g/mol. The number of fused-ring (bicyclic) bond motifs is 1. The summed E-state index contributed by atoms with van der Waals surface area (Å²) in [6.45, 7) is 9.21. The standard InChI is InChI=1S/C23H29FN2O/c1-23(2)16-27-22(19-5-3-4-6-20(19)23)15-21(26-13-11-25-12-14-26)17-7-9-18(24)10-8-17/h3-10,21-22,25H,11-16H2,1-2H3. The number of halogens is 1. The molecule has 1 fully saturated rings. The zero-order valence-corrected chi connectivity index (χ0v) is 16.2. The van der Waals surface area contributed by atoms with Crippen molar-refractivity contribution in [2.75, 3.05) is 32.8 Å². The molecule has 2 unspecified atom stereocenters. The SMILES string of the molecule is CC1(C)COC(CC(c2ccc(F)cc2)N2CCNCC2)c2ccccc21. The van der Waals surface area contributed by atoms with Crippen LogP contribution < -0.4 is 5.32 Å². The Morgan fingerprint density at radius 2 is 1.81 bits per heavy atom. The van der Waals surface area contributed by atoms with Crippen LogP contribution in [0.4, 0.5) is 4.39 Å². The number of hydrogen-bond acceptors (Lipinski definition) is 3. The van der Waals surface area contributed by atoms with Crippen LogP contribution in [0.5, 0.6) is 0 Å². The zero-order chi connectivity index (χ0) is 18.9. The predicted molar refractivity (Wildman–Crippen MR) is 106 cm³/mol. The maximum Gasteiger partial charge on any atom is 0.123 e. The summed E-state index contributed by atoms with van der Waals surface area (Å²) >= 11 is 0. The van der Waals surface area contributed by atoms with Crippen molar-refractivity contribution in [3.63, 3.8) is 0 Å². The molecule has 1 N–H and O–H groups in total. The van der Waals surface area contributed by atoms with Crippen LogP contribution in [0, 0.1) is 5.82 Å². The topological polar surface area (TPSA) is 24.5 Å². The van der Waals surface area contributed by atoms with Crippen molar-refractivity contribution < 1.29 is 9.13 Å². The first kappa shape index (κ1) is 18.6. The molecule has 27 heavy (non-hydrogen) atoms. The highest BCUT2D eigenvalue weighted by Crippen LogP contribution is 2.42. The van der Waals surface area contributed by atoms with Gasteiger partial charge in [0, 0.05) is 37.6 Å². The van der Waals surface area contributed by atoms with E-state index in [0.29, 0.717) is 0 Å². The smallest absolute Gasteiger partial charge is 0.123 e. The van der Waals surface area contributed by atoms with E-state index < -0.39 is 0 Å². The van der Waals surface area contributed by atoms with E-state index in [-0.39, 0.29) is 23.4 Å². The van der Waals surface area contributed by atoms with Crippen molar-refractivity contribution >= 4 is 0 Å². The summed E-state index contributed by atoms with van der Waals surface area (Å²) < 4.78 is 19.9. The van der Waals surface area contributed by atoms with Gasteiger partial charge in [-0.1, -0.05) is 50.2 Å². The van der Waals surface area contributed by atoms with E-state index in [2.05, 4.69) is 48.3 Å². The van der Waals surface area contributed by atoms with Crippen LogP contribution in [0.25, 0.3) is 0 Å². The van der Waals surface area contributed by atoms with Gasteiger partial charge in [-0.2, -0.15) is 0 Å². The number of nitrogens with one attached hydrogen (secondary N) is 1. The Kier molecular flexibility index (Phi) is 5.31. The van der Waals surface area contributed by atoms with E-state index in [9.17, 15) is 4.39 Å². The maximum atomic E-state index is 13.5. The Balaban J connectivity index is 1.64. The summed E-state index contributed by atoms with van der Waals surface area (Å²) in [5, 5.41) is 3.43. The molecule has 3 nitrogen and oxygen atoms in total. The van der Waals surface area contributed by atoms with Crippen molar-refractivity contribution in [2.24, 2.45) is 0 Å². The van der Waals surface area contributed by atoms with Crippen LogP contribution in [-0.2, 0) is 10.2 Å². The minimum absolute atomic E-state index is 0.0352. The number of ether oxygens (including phenoxy) is 1. The highest BCUT2D eigenvalue weighted by molar-refractivity contribution is 5.37. The van der Waals surface area contributed by atoms with Crippen molar-refractivity contribution in [3.8, 4) is 0 Å². The summed E-state index contributed by atoms with van der Waals surface area (Å²) in [4.78, 5) is 2.51. The Bertz CT molecular complexity index is 768. The molecule has 0 saturated carbocycles. The molecule has 2 aliphatic heterocycles. The third kappa shape index (κ3) is 3.93. The normalized spacial score (nSPS) is 23.6. The van der Waals surface area contributed by atoms with Gasteiger partial charge in [0.1, 0.15) is 5.82 Å². The highest BCUT2D eigenvalue weighted by atomic mass is 19.1. The van der Waals surface area contributed by atoms with Crippen LogP contribution in [0.3, 0.4) is 0 Å². The Labute approximate surface area is 161 Å². The first-order valence-corrected chi connectivity index (χ1v) is 9.96. The van der Waals surface area contributed by atoms with Gasteiger partial charge in [0.25, 0.3) is 0 Å². The summed E-state index contributed by atoms with van der Waals surface area (Å²) in [7, 11) is 0. The Morgan fingerprint density at radius 3 is 2.56 bits per heavy atom. The third-order valence-electron chi connectivity index (χ3n) is 5.97. The van der Waals surface area contributed by atoms with Gasteiger partial charge < -0.3 is 10.1 Å². The van der Waals surface area contributed by atoms with Crippen LogP contribution in [-0.4, -0.2) is 37.7 Å². The number of rotatable bonds is 4. The molecule has 2 aromatic rings. The van der Waals surface area contributed by atoms with E-state index in [1.165, 1.54) is 16.7 Å². The molecule has 2 atom stereocenters. The summed E-state index contributed by atoms with van der Waals surface area (Å²) in [6.07, 6.45) is 0.956. The zero-order valence-electron chi connectivity index (χ0n) is 16.2. The number of piperazine rings is 1. The first-order valence-electron chi connectivity index (χ1n) is 9.96. The third-order valence-corrected chi connectivity index (χ3v) is 5.97. The fourth-order valence-corrected chi connectivity index (χ4v) is 4.44. The van der Waals surface area contributed by atoms with Gasteiger partial charge in [-0.3, -0.25) is 4.90 Å². The minimum atomic E-state index is -0.182. The number of nitrogens with zero attached hydrogens (tertiary/aromatic N) is 1. The molecule has 0 aromatic heterocycles. The lowest BCUT2D eigenvalue weighted by Gasteiger charge is -2.41. The molecular formula is C23H29FN2O. The van der Waals surface area contributed by atoms with Gasteiger partial charge in [0.05, 0.1) is 12.7 Å². The molecule has 4 heteroatoms. The van der Waals surface area contributed by atoms with Gasteiger partial charge in [0.15, 0.2) is 0 Å². The van der Waals surface area contributed by atoms with E-state index in [0.717, 1.165) is 39.2 Å². The van der Waals surface area contributed by atoms with Gasteiger partial charge >= 0.3 is 0 Å². The second-order valence-electron chi connectivity index (χ2n) is 8.36. The summed E-state index contributed by atoms with van der Waals surface area (Å²) in [5.74, 6) is -0.182. The van der Waals surface area contributed by atoms with E-state index >= 15 is 0 Å². The molecule has 1 saturated heterocycles. The lowest BCUT2D eigenvalue weighted by molar-refractivity contribution is -0.0157. The first-order chi connectivity index (χ1) is 13.0. The summed E-state index contributed by atoms with van der Waals surface area (Å²) in [6, 6.07) is 15.9. The molecule has 0 aliphatic carbocycles. The molecule has 0 spiro atoms. The molecule has 0 bridgehead atoms. The van der Waals surface area contributed by atoms with E-state index in [1.54, 1.807) is 12.1 Å². The van der Waals surface area contributed by atoms with Gasteiger partial charge in [0.2, 0.25) is 0 Å². The van der Waals surface area contributed by atoms with Crippen molar-refractivity contribution in [2.45, 2.75) is 37.8 Å². The molecule has 2 heterocycles. The molecule has 2 aromatic carbocycles. The monoisotopic (exact) mass is 368 g/mol. The van der Waals surface area contributed by atoms with Crippen LogP contribution in [0.1, 0.15) is 49.1 Å². The van der Waals surface area contributed by atoms with Crippen LogP contribution in [0.15, 0.2) is 48.5 Å². The molecule has 0 radical (unpaired) electrons. The molecule has 144 valence electrons. The molecule has 4 rings (SSSR count). The Morgan fingerprint density at radius 1 is 1.11 bits per heavy atom. The fraction of sp³-hybridized carbons (Fsp3) is 0.478. The van der Waals surface area contributed by atoms with Gasteiger partial charge in [-0.15, -0.1) is 0 Å². The number of benzene rings is 2. The molecular weight excluding hydrogens is 339 g/mol. The van der Waals surface area contributed by atoms with E-state index in [1.807, 2.05) is 12.1 Å². The second-order valence-corrected chi connectivity index (χ2v) is 8.36. The largest absolute Gasteiger partial charge is 0.373 e. The Hall–Kier alpha value is -1.75. The van der Waals surface area contributed by atoms with Crippen molar-refractivity contribution in [3.05, 3.63) is 71.0 Å². The fourth-order valence-electron chi connectivity index (χ4n) is 4.44. The molecule has 0 amide bonds. The van der Waals surface area contributed by atoms with Crippen LogP contribution >= 0.6 is 0 Å². The highest BCUT2D eigenvalue weighted by Gasteiger charge is 2.35. The molecule has 2 aliphatic rings. The lowest BCUT2D eigenvalue weighted by atomic mass is 9.78. The quantitative estimate of drug-likeness (QED) is 0.875. The van der Waals surface area contributed by atoms with E-state index in [4.69, 9.17) is 4.74 Å². The second kappa shape index (κ2) is 7.70. The minimum Gasteiger partial charge on any atom is -0.373 e. The maximum absolute atomic E-state index is 13.5. The van der Waals surface area contributed by atoms with Gasteiger partial charge in [-0.25, -0.2) is 4.39 Å². The van der Waals surface area contributed by atoms with Crippen LogP contribution in [0.2, 0.25) is 0 Å². The predicted octanol–water partition coefficient (Wildman–Crippen LogP) is 4.21. The van der Waals surface area contributed by atoms with Gasteiger partial charge in [-0.05, 0) is 35.2 Å². The van der Waals surface area contributed by atoms with Crippen molar-refractivity contribution in [1.82, 2.24) is 10.2 Å². The summed E-state index contributed by atoms with van der Waals surface area (Å²) in [5.41, 5.74) is 3.90. The average Bonchev–Trinajstić information content (AvgIpc) is 2.69. The lowest BCUT2D eigenvalue weighted by Crippen LogP contribution is -2.46.